The Morgan fingerprint density at radius 3 is 1.21 bits per heavy atom. The third kappa shape index (κ3) is 6.04. The van der Waals surface area contributed by atoms with Crippen LogP contribution in [0.15, 0.2) is 217 Å². The van der Waals surface area contributed by atoms with Gasteiger partial charge in [-0.05, 0) is 90.0 Å². The first-order valence-electron chi connectivity index (χ1n) is 20.6. The zero-order valence-electron chi connectivity index (χ0n) is 33.0. The molecule has 0 N–H and O–H groups in total. The molecule has 284 valence electrons. The second-order valence-corrected chi connectivity index (χ2v) is 15.5. The number of hydrogen-bond acceptors (Lipinski definition) is 4. The summed E-state index contributed by atoms with van der Waals surface area (Å²) in [4.78, 5) is 14.7. The van der Waals surface area contributed by atoms with Crippen molar-refractivity contribution in [3.63, 3.8) is 0 Å². The topological polar surface area (TPSA) is 51.8 Å². The number of hydrogen-bond donors (Lipinski definition) is 0. The van der Waals surface area contributed by atoms with Gasteiger partial charge in [0.05, 0.1) is 0 Å². The van der Waals surface area contributed by atoms with Gasteiger partial charge in [0.2, 0.25) is 0 Å². The van der Waals surface area contributed by atoms with Gasteiger partial charge < -0.3 is 4.42 Å². The lowest BCUT2D eigenvalue weighted by atomic mass is 9.91. The Hall–Kier alpha value is -8.21. The van der Waals surface area contributed by atoms with Crippen molar-refractivity contribution in [2.45, 2.75) is 0 Å². The van der Waals surface area contributed by atoms with Gasteiger partial charge in [0.25, 0.3) is 0 Å². The molecule has 0 aliphatic carbocycles. The number of furan rings is 1. The molecule has 0 bridgehead atoms. The molecule has 10 aromatic carbocycles. The van der Waals surface area contributed by atoms with E-state index in [1.54, 1.807) is 0 Å². The molecule has 0 radical (unpaired) electrons. The molecule has 0 atom stereocenters. The maximum Gasteiger partial charge on any atom is 0.164 e. The molecule has 2 aromatic heterocycles. The van der Waals surface area contributed by atoms with Crippen LogP contribution in [0.25, 0.3) is 122 Å². The van der Waals surface area contributed by atoms with Crippen molar-refractivity contribution < 1.29 is 4.42 Å². The lowest BCUT2D eigenvalue weighted by Crippen LogP contribution is -2.00. The van der Waals surface area contributed by atoms with Gasteiger partial charge in [-0.15, -0.1) is 0 Å². The highest BCUT2D eigenvalue weighted by molar-refractivity contribution is 6.25. The molecule has 0 aliphatic rings. The predicted molar refractivity (Wildman–Crippen MR) is 252 cm³/mol. The molecule has 0 fully saturated rings. The monoisotopic (exact) mass is 777 g/mol. The molecule has 4 heteroatoms. The summed E-state index contributed by atoms with van der Waals surface area (Å²) >= 11 is 0. The number of fused-ring (bicyclic) bond motifs is 9. The Bertz CT molecular complexity index is 3520. The highest BCUT2D eigenvalue weighted by Crippen LogP contribution is 2.41. The van der Waals surface area contributed by atoms with Crippen molar-refractivity contribution >= 4 is 54.3 Å². The van der Waals surface area contributed by atoms with Crippen LogP contribution in [0.4, 0.5) is 0 Å². The first kappa shape index (κ1) is 34.8. The number of benzene rings is 10. The van der Waals surface area contributed by atoms with Crippen LogP contribution in [-0.4, -0.2) is 15.0 Å². The fourth-order valence-electron chi connectivity index (χ4n) is 8.92. The Kier molecular flexibility index (Phi) is 8.13. The van der Waals surface area contributed by atoms with Crippen LogP contribution in [0, 0.1) is 0 Å². The van der Waals surface area contributed by atoms with Crippen molar-refractivity contribution in [3.05, 3.63) is 212 Å². The molecule has 61 heavy (non-hydrogen) atoms. The van der Waals surface area contributed by atoms with Crippen LogP contribution in [0.1, 0.15) is 0 Å². The number of rotatable bonds is 6. The summed E-state index contributed by atoms with van der Waals surface area (Å²) in [6.45, 7) is 0. The average Bonchev–Trinajstić information content (AvgIpc) is 3.73. The van der Waals surface area contributed by atoms with E-state index in [0.29, 0.717) is 17.5 Å². The van der Waals surface area contributed by atoms with E-state index in [0.717, 1.165) is 60.9 Å². The fraction of sp³-hybridized carbons (Fsp3) is 0. The lowest BCUT2D eigenvalue weighted by molar-refractivity contribution is 0.669. The second-order valence-electron chi connectivity index (χ2n) is 15.5. The molecule has 0 aliphatic heterocycles. The summed E-state index contributed by atoms with van der Waals surface area (Å²) in [5.74, 6) is 1.92. The van der Waals surface area contributed by atoms with Gasteiger partial charge in [0.1, 0.15) is 11.2 Å². The Labute approximate surface area is 352 Å². The minimum atomic E-state index is 0.632. The van der Waals surface area contributed by atoms with Gasteiger partial charge in [-0.25, -0.2) is 15.0 Å². The van der Waals surface area contributed by atoms with Gasteiger partial charge in [-0.3, -0.25) is 0 Å². The minimum absolute atomic E-state index is 0.632. The summed E-state index contributed by atoms with van der Waals surface area (Å²) in [5, 5.41) is 9.92. The maximum absolute atomic E-state index is 6.55. The number of aromatic nitrogens is 3. The van der Waals surface area contributed by atoms with Crippen molar-refractivity contribution in [2.24, 2.45) is 0 Å². The van der Waals surface area contributed by atoms with E-state index in [4.69, 9.17) is 19.4 Å². The highest BCUT2D eigenvalue weighted by atomic mass is 16.3. The Balaban J connectivity index is 0.867. The quantitative estimate of drug-likeness (QED) is 0.158. The summed E-state index contributed by atoms with van der Waals surface area (Å²) in [7, 11) is 0. The lowest BCUT2D eigenvalue weighted by Gasteiger charge is -2.12. The molecule has 0 saturated carbocycles. The van der Waals surface area contributed by atoms with E-state index < -0.39 is 0 Å². The van der Waals surface area contributed by atoms with Crippen molar-refractivity contribution in [1.82, 2.24) is 15.0 Å². The molecule has 12 rings (SSSR count). The van der Waals surface area contributed by atoms with Crippen molar-refractivity contribution in [3.8, 4) is 67.5 Å². The van der Waals surface area contributed by atoms with Gasteiger partial charge >= 0.3 is 0 Å². The molecule has 12 aromatic rings. The zero-order valence-corrected chi connectivity index (χ0v) is 33.0. The first-order valence-corrected chi connectivity index (χ1v) is 20.6. The standard InChI is InChI=1S/C57H35N3O/c1-3-12-39(13-4-1)55-58-56(40-14-5-2-6-15-40)60-57(59-55)41-28-24-37(25-29-41)43-31-33-50-53(35-43)61-52-21-11-20-44(54(50)52)38-26-22-36(23-27-38)42-30-32-49-47-18-8-7-16-45(47)46-17-9-10-19-48(46)51(49)34-42/h1-35H. The SMILES string of the molecule is c1ccc(-c2nc(-c3ccccc3)nc(-c3ccc(-c4ccc5c(c4)oc4cccc(-c6ccc(-c7ccc8c9ccccc9c9ccccc9c8c7)cc6)c45)cc3)n2)cc1. The average molecular weight is 778 g/mol. The maximum atomic E-state index is 6.55. The first-order chi connectivity index (χ1) is 30.2. The van der Waals surface area contributed by atoms with E-state index >= 15 is 0 Å². The van der Waals surface area contributed by atoms with Crippen LogP contribution >= 0.6 is 0 Å². The predicted octanol–water partition coefficient (Wildman–Crippen LogP) is 15.2. The van der Waals surface area contributed by atoms with Crippen LogP contribution in [0.2, 0.25) is 0 Å². The summed E-state index contributed by atoms with van der Waals surface area (Å²) in [6.07, 6.45) is 0. The third-order valence-electron chi connectivity index (χ3n) is 11.9. The number of nitrogens with zero attached hydrogens (tertiary/aromatic N) is 3. The zero-order chi connectivity index (χ0) is 40.3. The fourth-order valence-corrected chi connectivity index (χ4v) is 8.92. The molecular formula is C57H35N3O. The van der Waals surface area contributed by atoms with Gasteiger partial charge in [-0.2, -0.15) is 0 Å². The van der Waals surface area contributed by atoms with Crippen molar-refractivity contribution in [1.29, 1.82) is 0 Å². The van der Waals surface area contributed by atoms with Gasteiger partial charge in [0.15, 0.2) is 17.5 Å². The second kappa shape index (κ2) is 14.3. The van der Waals surface area contributed by atoms with Crippen molar-refractivity contribution in [2.75, 3.05) is 0 Å². The Morgan fingerprint density at radius 2 is 0.656 bits per heavy atom. The third-order valence-corrected chi connectivity index (χ3v) is 11.9. The normalized spacial score (nSPS) is 11.6. The van der Waals surface area contributed by atoms with E-state index in [1.807, 2.05) is 60.7 Å². The van der Waals surface area contributed by atoms with E-state index in [9.17, 15) is 0 Å². The van der Waals surface area contributed by atoms with Crippen LogP contribution in [-0.2, 0) is 0 Å². The van der Waals surface area contributed by atoms with Gasteiger partial charge in [0, 0.05) is 27.5 Å². The smallest absolute Gasteiger partial charge is 0.164 e. The molecular weight excluding hydrogens is 743 g/mol. The van der Waals surface area contributed by atoms with Crippen LogP contribution in [0.5, 0.6) is 0 Å². The van der Waals surface area contributed by atoms with E-state index in [1.165, 1.54) is 43.4 Å². The van der Waals surface area contributed by atoms with Gasteiger partial charge in [-0.1, -0.05) is 188 Å². The summed E-state index contributed by atoms with van der Waals surface area (Å²) in [5.41, 5.74) is 11.4. The molecule has 4 nitrogen and oxygen atoms in total. The van der Waals surface area contributed by atoms with Crippen LogP contribution in [0.3, 0.4) is 0 Å². The van der Waals surface area contributed by atoms with Crippen LogP contribution < -0.4 is 0 Å². The molecule has 2 heterocycles. The largest absolute Gasteiger partial charge is 0.456 e. The summed E-state index contributed by atoms with van der Waals surface area (Å²) in [6, 6.07) is 74.7. The van der Waals surface area contributed by atoms with E-state index in [-0.39, 0.29) is 0 Å². The van der Waals surface area contributed by atoms with E-state index in [2.05, 4.69) is 152 Å². The molecule has 0 amide bonds. The molecule has 0 unspecified atom stereocenters. The summed E-state index contributed by atoms with van der Waals surface area (Å²) < 4.78 is 6.55. The molecule has 0 spiro atoms. The Morgan fingerprint density at radius 1 is 0.246 bits per heavy atom. The highest BCUT2D eigenvalue weighted by Gasteiger charge is 2.16. The minimum Gasteiger partial charge on any atom is -0.456 e. The molecule has 0 saturated heterocycles.